The van der Waals surface area contributed by atoms with Crippen molar-refractivity contribution in [1.82, 2.24) is 0 Å². The van der Waals surface area contributed by atoms with Crippen molar-refractivity contribution >= 4 is 15.9 Å². The van der Waals surface area contributed by atoms with Gasteiger partial charge in [-0.1, -0.05) is 46.3 Å². The van der Waals surface area contributed by atoms with Crippen LogP contribution in [0, 0.1) is 0 Å². The number of aliphatic hydroxyl groups is 1. The largest absolute Gasteiger partial charge is 0.395 e. The number of benzene rings is 1. The number of hydrogen-bond acceptors (Lipinski definition) is 2. The molecule has 0 spiro atoms. The number of hydrogen-bond donors (Lipinski definition) is 1. The minimum Gasteiger partial charge on any atom is -0.395 e. The summed E-state index contributed by atoms with van der Waals surface area (Å²) < 4.78 is 5.37. The second-order valence-electron chi connectivity index (χ2n) is 2.78. The summed E-state index contributed by atoms with van der Waals surface area (Å²) in [4.78, 5) is 0.0382. The van der Waals surface area contributed by atoms with E-state index in [1.807, 2.05) is 30.3 Å². The van der Waals surface area contributed by atoms with E-state index in [0.717, 1.165) is 5.56 Å². The average Bonchev–Trinajstić information content (AvgIpc) is 2.19. The van der Waals surface area contributed by atoms with E-state index in [1.165, 1.54) is 0 Å². The number of ether oxygens (including phenoxy) is 1. The first-order chi connectivity index (χ1) is 6.33. The van der Waals surface area contributed by atoms with E-state index >= 15 is 0 Å². The fraction of sp³-hybridized carbons (Fsp3) is 0.400. The normalized spacial score (nSPS) is 12.8. The average molecular weight is 245 g/mol. The Morgan fingerprint density at radius 2 is 2.00 bits per heavy atom. The Labute approximate surface area is 86.7 Å². The molecule has 0 aliphatic rings. The standard InChI is InChI=1S/C10H13BrO2/c11-10(6-12)8-13-7-9-4-2-1-3-5-9/h1-5,10,12H,6-8H2/t10-/m0/s1. The SMILES string of the molecule is OC[C@H](Br)COCc1ccccc1. The van der Waals surface area contributed by atoms with E-state index in [1.54, 1.807) is 0 Å². The van der Waals surface area contributed by atoms with Gasteiger partial charge in [0, 0.05) is 0 Å². The molecule has 0 unspecified atom stereocenters. The molecule has 1 N–H and O–H groups in total. The molecule has 1 aromatic carbocycles. The van der Waals surface area contributed by atoms with Gasteiger partial charge in [0.2, 0.25) is 0 Å². The minimum absolute atomic E-state index is 0.0382. The van der Waals surface area contributed by atoms with Gasteiger partial charge in [-0.3, -0.25) is 0 Å². The molecule has 0 fully saturated rings. The molecule has 0 radical (unpaired) electrons. The molecule has 0 aliphatic carbocycles. The highest BCUT2D eigenvalue weighted by Crippen LogP contribution is 2.03. The predicted octanol–water partition coefficient (Wildman–Crippen LogP) is 1.96. The third kappa shape index (κ3) is 4.41. The second-order valence-corrected chi connectivity index (χ2v) is 4.08. The van der Waals surface area contributed by atoms with Gasteiger partial charge >= 0.3 is 0 Å². The molecule has 1 atom stereocenters. The quantitative estimate of drug-likeness (QED) is 0.803. The Morgan fingerprint density at radius 3 is 2.62 bits per heavy atom. The molecule has 13 heavy (non-hydrogen) atoms. The molecule has 3 heteroatoms. The summed E-state index contributed by atoms with van der Waals surface area (Å²) >= 11 is 3.28. The summed E-state index contributed by atoms with van der Waals surface area (Å²) in [6.07, 6.45) is 0. The van der Waals surface area contributed by atoms with E-state index < -0.39 is 0 Å². The van der Waals surface area contributed by atoms with Crippen LogP contribution < -0.4 is 0 Å². The zero-order chi connectivity index (χ0) is 9.52. The number of aliphatic hydroxyl groups excluding tert-OH is 1. The van der Waals surface area contributed by atoms with Gasteiger partial charge in [0.1, 0.15) is 0 Å². The van der Waals surface area contributed by atoms with E-state index in [4.69, 9.17) is 9.84 Å². The Balaban J connectivity index is 2.20. The summed E-state index contributed by atoms with van der Waals surface area (Å²) in [5.41, 5.74) is 1.15. The maximum Gasteiger partial charge on any atom is 0.0717 e. The molecular formula is C10H13BrO2. The molecule has 1 rings (SSSR count). The van der Waals surface area contributed by atoms with Crippen LogP contribution >= 0.6 is 15.9 Å². The van der Waals surface area contributed by atoms with Crippen LogP contribution in [0.3, 0.4) is 0 Å². The lowest BCUT2D eigenvalue weighted by Gasteiger charge is -2.07. The molecule has 2 nitrogen and oxygen atoms in total. The molecule has 0 saturated heterocycles. The van der Waals surface area contributed by atoms with Gasteiger partial charge in [0.15, 0.2) is 0 Å². The van der Waals surface area contributed by atoms with Crippen LogP contribution in [0.15, 0.2) is 30.3 Å². The Bertz CT molecular complexity index is 226. The molecule has 0 heterocycles. The second kappa shape index (κ2) is 6.13. The van der Waals surface area contributed by atoms with Crippen molar-refractivity contribution in [3.8, 4) is 0 Å². The maximum atomic E-state index is 8.71. The lowest BCUT2D eigenvalue weighted by molar-refractivity contribution is 0.110. The first-order valence-electron chi connectivity index (χ1n) is 4.19. The highest BCUT2D eigenvalue weighted by atomic mass is 79.9. The molecule has 0 aliphatic heterocycles. The van der Waals surface area contributed by atoms with Crippen molar-refractivity contribution in [1.29, 1.82) is 0 Å². The fourth-order valence-electron chi connectivity index (χ4n) is 0.932. The fourth-order valence-corrected chi connectivity index (χ4v) is 1.12. The van der Waals surface area contributed by atoms with E-state index in [0.29, 0.717) is 13.2 Å². The summed E-state index contributed by atoms with van der Waals surface area (Å²) in [5, 5.41) is 8.71. The number of alkyl halides is 1. The first kappa shape index (κ1) is 10.7. The Morgan fingerprint density at radius 1 is 1.31 bits per heavy atom. The van der Waals surface area contributed by atoms with Crippen molar-refractivity contribution in [2.75, 3.05) is 13.2 Å². The molecule has 72 valence electrons. The van der Waals surface area contributed by atoms with Crippen molar-refractivity contribution in [3.05, 3.63) is 35.9 Å². The van der Waals surface area contributed by atoms with Gasteiger partial charge in [-0.15, -0.1) is 0 Å². The Kier molecular flexibility index (Phi) is 5.05. The lowest BCUT2D eigenvalue weighted by atomic mass is 10.2. The van der Waals surface area contributed by atoms with Gasteiger partial charge in [0.05, 0.1) is 24.6 Å². The monoisotopic (exact) mass is 244 g/mol. The van der Waals surface area contributed by atoms with Gasteiger partial charge < -0.3 is 9.84 Å². The van der Waals surface area contributed by atoms with Crippen LogP contribution in [-0.2, 0) is 11.3 Å². The predicted molar refractivity (Wildman–Crippen MR) is 55.9 cm³/mol. The van der Waals surface area contributed by atoms with E-state index in [9.17, 15) is 0 Å². The van der Waals surface area contributed by atoms with Crippen LogP contribution in [0.4, 0.5) is 0 Å². The van der Waals surface area contributed by atoms with Gasteiger partial charge in [-0.05, 0) is 5.56 Å². The van der Waals surface area contributed by atoms with E-state index in [-0.39, 0.29) is 11.4 Å². The van der Waals surface area contributed by atoms with Gasteiger partial charge in [-0.25, -0.2) is 0 Å². The molecule has 0 bridgehead atoms. The molecule has 0 amide bonds. The van der Waals surface area contributed by atoms with Crippen LogP contribution in [0.1, 0.15) is 5.56 Å². The van der Waals surface area contributed by atoms with Crippen LogP contribution in [0.5, 0.6) is 0 Å². The van der Waals surface area contributed by atoms with Gasteiger partial charge in [0.25, 0.3) is 0 Å². The van der Waals surface area contributed by atoms with Crippen molar-refractivity contribution < 1.29 is 9.84 Å². The summed E-state index contributed by atoms with van der Waals surface area (Å²) in [7, 11) is 0. The minimum atomic E-state index is 0.0382. The smallest absolute Gasteiger partial charge is 0.0717 e. The lowest BCUT2D eigenvalue weighted by Crippen LogP contribution is -2.12. The van der Waals surface area contributed by atoms with Crippen molar-refractivity contribution in [2.24, 2.45) is 0 Å². The van der Waals surface area contributed by atoms with Gasteiger partial charge in [-0.2, -0.15) is 0 Å². The molecule has 1 aromatic rings. The number of rotatable bonds is 5. The van der Waals surface area contributed by atoms with Crippen molar-refractivity contribution in [3.63, 3.8) is 0 Å². The zero-order valence-corrected chi connectivity index (χ0v) is 8.90. The Hall–Kier alpha value is -0.380. The molecule has 0 aromatic heterocycles. The highest BCUT2D eigenvalue weighted by Gasteiger charge is 2.01. The summed E-state index contributed by atoms with van der Waals surface area (Å²) in [6, 6.07) is 9.97. The maximum absolute atomic E-state index is 8.71. The first-order valence-corrected chi connectivity index (χ1v) is 5.11. The molecular weight excluding hydrogens is 232 g/mol. The summed E-state index contributed by atoms with van der Waals surface area (Å²) in [5.74, 6) is 0. The third-order valence-corrected chi connectivity index (χ3v) is 2.16. The summed E-state index contributed by atoms with van der Waals surface area (Å²) in [6.45, 7) is 1.24. The molecule has 0 saturated carbocycles. The topological polar surface area (TPSA) is 29.5 Å². The van der Waals surface area contributed by atoms with Crippen molar-refractivity contribution in [2.45, 2.75) is 11.4 Å². The van der Waals surface area contributed by atoms with Crippen LogP contribution in [0.25, 0.3) is 0 Å². The highest BCUT2D eigenvalue weighted by molar-refractivity contribution is 9.09. The third-order valence-electron chi connectivity index (χ3n) is 1.61. The van der Waals surface area contributed by atoms with E-state index in [2.05, 4.69) is 15.9 Å². The van der Waals surface area contributed by atoms with Crippen LogP contribution in [-0.4, -0.2) is 23.1 Å². The van der Waals surface area contributed by atoms with Crippen LogP contribution in [0.2, 0.25) is 0 Å². The zero-order valence-electron chi connectivity index (χ0n) is 7.32. The number of halogens is 1.